The number of amides is 2. The lowest BCUT2D eigenvalue weighted by molar-refractivity contribution is -0.147. The Kier molecular flexibility index (Phi) is 6.58. The molecular formula is C17H14F5N3O4S. The summed E-state index contributed by atoms with van der Waals surface area (Å²) in [6, 6.07) is 0. The molecule has 1 N–H and O–H groups in total. The van der Waals surface area contributed by atoms with Crippen molar-refractivity contribution in [2.24, 2.45) is 4.99 Å². The molecule has 13 heteroatoms. The number of esters is 1. The van der Waals surface area contributed by atoms with E-state index in [4.69, 9.17) is 0 Å². The number of aliphatic imine (C=N–C) groups is 1. The number of carbonyl (C=O) groups excluding carboxylic acids is 3. The van der Waals surface area contributed by atoms with Gasteiger partial charge in [0.15, 0.2) is 35.0 Å². The van der Waals surface area contributed by atoms with Crippen molar-refractivity contribution in [2.75, 3.05) is 25.0 Å². The third kappa shape index (κ3) is 4.55. The average Bonchev–Trinajstić information content (AvgIpc) is 3.37. The zero-order chi connectivity index (χ0) is 22.0. The third-order valence-corrected chi connectivity index (χ3v) is 5.51. The number of halogens is 5. The molecule has 2 aliphatic rings. The third-order valence-electron chi connectivity index (χ3n) is 4.30. The van der Waals surface area contributed by atoms with Gasteiger partial charge in [-0.15, -0.1) is 0 Å². The molecule has 1 atom stereocenters. The van der Waals surface area contributed by atoms with Crippen molar-refractivity contribution in [3.8, 4) is 0 Å². The van der Waals surface area contributed by atoms with E-state index in [1.165, 1.54) is 5.32 Å². The van der Waals surface area contributed by atoms with Gasteiger partial charge in [0.1, 0.15) is 10.9 Å². The van der Waals surface area contributed by atoms with Crippen molar-refractivity contribution >= 4 is 40.4 Å². The van der Waals surface area contributed by atoms with Crippen LogP contribution < -0.4 is 5.32 Å². The molecule has 0 bridgehead atoms. The smallest absolute Gasteiger partial charge is 0.307 e. The highest BCUT2D eigenvalue weighted by atomic mass is 32.2. The Labute approximate surface area is 170 Å². The summed E-state index contributed by atoms with van der Waals surface area (Å²) < 4.78 is 70.9. The highest BCUT2D eigenvalue weighted by Gasteiger charge is 2.34. The van der Waals surface area contributed by atoms with Gasteiger partial charge in [0, 0.05) is 13.1 Å². The molecule has 0 aromatic heterocycles. The van der Waals surface area contributed by atoms with Gasteiger partial charge in [-0.3, -0.25) is 14.4 Å². The molecule has 1 saturated heterocycles. The van der Waals surface area contributed by atoms with Crippen LogP contribution in [-0.2, 0) is 19.1 Å². The summed E-state index contributed by atoms with van der Waals surface area (Å²) in [7, 11) is 0. The minimum absolute atomic E-state index is 0.403. The Morgan fingerprint density at radius 2 is 1.60 bits per heavy atom. The van der Waals surface area contributed by atoms with Crippen LogP contribution in [0.2, 0.25) is 0 Å². The fourth-order valence-electron chi connectivity index (χ4n) is 2.80. The molecule has 2 aliphatic heterocycles. The Hall–Kier alpha value is -2.70. The summed E-state index contributed by atoms with van der Waals surface area (Å²) in [6.45, 7) is 0.464. The Morgan fingerprint density at radius 3 is 2.20 bits per heavy atom. The van der Waals surface area contributed by atoms with Gasteiger partial charge in [0.25, 0.3) is 11.8 Å². The van der Waals surface area contributed by atoms with E-state index >= 15 is 0 Å². The number of likely N-dealkylation sites (tertiary alicyclic amines) is 1. The van der Waals surface area contributed by atoms with E-state index in [2.05, 4.69) is 9.73 Å². The summed E-state index contributed by atoms with van der Waals surface area (Å²) in [5.74, 6) is -14.1. The fraction of sp³-hybridized carbons (Fsp3) is 0.412. The van der Waals surface area contributed by atoms with E-state index in [-0.39, 0.29) is 0 Å². The first-order valence-electron chi connectivity index (χ1n) is 8.70. The van der Waals surface area contributed by atoms with Crippen LogP contribution in [0.3, 0.4) is 0 Å². The van der Waals surface area contributed by atoms with Crippen LogP contribution in [0.25, 0.3) is 0 Å². The number of amidine groups is 1. The van der Waals surface area contributed by atoms with E-state index in [1.807, 2.05) is 4.90 Å². The molecular weight excluding hydrogens is 437 g/mol. The van der Waals surface area contributed by atoms with Gasteiger partial charge in [-0.05, 0) is 12.8 Å². The maximum atomic E-state index is 13.5. The predicted molar refractivity (Wildman–Crippen MR) is 95.1 cm³/mol. The van der Waals surface area contributed by atoms with Crippen molar-refractivity contribution < 1.29 is 41.1 Å². The molecule has 1 aromatic carbocycles. The predicted octanol–water partition coefficient (Wildman–Crippen LogP) is 2.35. The SMILES string of the molecule is O=C(COC(=O)C[C@@H]1SC(N2CCCC2)=NC1=O)Nc1c(F)c(F)c(F)c(F)c1F. The van der Waals surface area contributed by atoms with Gasteiger partial charge in [0.05, 0.1) is 6.42 Å². The number of thioether (sulfide) groups is 1. The maximum absolute atomic E-state index is 13.5. The van der Waals surface area contributed by atoms with Gasteiger partial charge in [-0.1, -0.05) is 11.8 Å². The molecule has 0 unspecified atom stereocenters. The molecule has 162 valence electrons. The molecule has 0 radical (unpaired) electrons. The monoisotopic (exact) mass is 451 g/mol. The number of rotatable bonds is 5. The Balaban J connectivity index is 1.51. The summed E-state index contributed by atoms with van der Waals surface area (Å²) in [4.78, 5) is 41.3. The molecule has 30 heavy (non-hydrogen) atoms. The Bertz CT molecular complexity index is 907. The van der Waals surface area contributed by atoms with E-state index in [1.54, 1.807) is 0 Å². The van der Waals surface area contributed by atoms with Crippen LogP contribution in [0.5, 0.6) is 0 Å². The molecule has 2 heterocycles. The van der Waals surface area contributed by atoms with Gasteiger partial charge in [-0.2, -0.15) is 4.99 Å². The molecule has 0 spiro atoms. The van der Waals surface area contributed by atoms with Crippen LogP contribution in [0.15, 0.2) is 4.99 Å². The van der Waals surface area contributed by atoms with Crippen molar-refractivity contribution in [3.63, 3.8) is 0 Å². The van der Waals surface area contributed by atoms with Crippen LogP contribution in [0, 0.1) is 29.1 Å². The minimum atomic E-state index is -2.37. The second kappa shape index (κ2) is 8.98. The quantitative estimate of drug-likeness (QED) is 0.320. The van der Waals surface area contributed by atoms with E-state index in [9.17, 15) is 36.3 Å². The van der Waals surface area contributed by atoms with Gasteiger partial charge in [0.2, 0.25) is 5.82 Å². The maximum Gasteiger partial charge on any atom is 0.307 e. The van der Waals surface area contributed by atoms with E-state index in [0.717, 1.165) is 37.7 Å². The van der Waals surface area contributed by atoms with Crippen molar-refractivity contribution in [1.29, 1.82) is 0 Å². The van der Waals surface area contributed by atoms with E-state index < -0.39 is 70.8 Å². The summed E-state index contributed by atoms with van der Waals surface area (Å²) in [5, 5.41) is 1.16. The number of hydrogen-bond donors (Lipinski definition) is 1. The molecule has 1 fully saturated rings. The average molecular weight is 451 g/mol. The minimum Gasteiger partial charge on any atom is -0.456 e. The normalized spacial score (nSPS) is 18.6. The number of nitrogens with one attached hydrogen (secondary N) is 1. The van der Waals surface area contributed by atoms with Crippen LogP contribution in [0.1, 0.15) is 19.3 Å². The fourth-order valence-corrected chi connectivity index (χ4v) is 3.90. The summed E-state index contributed by atoms with van der Waals surface area (Å²) >= 11 is 1.10. The first-order chi connectivity index (χ1) is 14.2. The number of hydrogen-bond acceptors (Lipinski definition) is 6. The second-order valence-electron chi connectivity index (χ2n) is 6.39. The molecule has 0 aliphatic carbocycles. The van der Waals surface area contributed by atoms with Crippen molar-refractivity contribution in [2.45, 2.75) is 24.5 Å². The lowest BCUT2D eigenvalue weighted by Gasteiger charge is -2.16. The molecule has 2 amide bonds. The summed E-state index contributed by atoms with van der Waals surface area (Å²) in [5.41, 5.74) is -1.56. The first-order valence-corrected chi connectivity index (χ1v) is 9.58. The summed E-state index contributed by atoms with van der Waals surface area (Å²) in [6.07, 6.45) is 1.54. The Morgan fingerprint density at radius 1 is 1.03 bits per heavy atom. The molecule has 3 rings (SSSR count). The zero-order valence-electron chi connectivity index (χ0n) is 15.1. The number of ether oxygens (including phenoxy) is 1. The van der Waals surface area contributed by atoms with Crippen molar-refractivity contribution in [3.05, 3.63) is 29.1 Å². The highest BCUT2D eigenvalue weighted by Crippen LogP contribution is 2.29. The van der Waals surface area contributed by atoms with Crippen LogP contribution >= 0.6 is 11.8 Å². The topological polar surface area (TPSA) is 88.1 Å². The number of benzene rings is 1. The molecule has 7 nitrogen and oxygen atoms in total. The molecule has 0 saturated carbocycles. The number of carbonyl (C=O) groups is 3. The van der Waals surface area contributed by atoms with E-state index in [0.29, 0.717) is 5.17 Å². The van der Waals surface area contributed by atoms with Gasteiger partial charge < -0.3 is 15.0 Å². The van der Waals surface area contributed by atoms with Crippen LogP contribution in [-0.4, -0.2) is 52.8 Å². The highest BCUT2D eigenvalue weighted by molar-refractivity contribution is 8.15. The van der Waals surface area contributed by atoms with Crippen molar-refractivity contribution in [1.82, 2.24) is 4.90 Å². The van der Waals surface area contributed by atoms with Gasteiger partial charge in [-0.25, -0.2) is 22.0 Å². The largest absolute Gasteiger partial charge is 0.456 e. The second-order valence-corrected chi connectivity index (χ2v) is 7.56. The standard InChI is InChI=1S/C17H14F5N3O4S/c18-10-11(19)13(21)15(14(22)12(10)20)23-8(26)6-29-9(27)5-7-16(28)24-17(30-7)25-3-1-2-4-25/h7H,1-6H2,(H,23,26)/t7-/m0/s1. The first kappa shape index (κ1) is 22.0. The van der Waals surface area contributed by atoms with Gasteiger partial charge >= 0.3 is 5.97 Å². The molecule has 1 aromatic rings. The lowest BCUT2D eigenvalue weighted by Crippen LogP contribution is -2.26. The zero-order valence-corrected chi connectivity index (χ0v) is 16.0. The number of anilines is 1. The van der Waals surface area contributed by atoms with Crippen LogP contribution in [0.4, 0.5) is 27.6 Å². The number of nitrogens with zero attached hydrogens (tertiary/aromatic N) is 2. The lowest BCUT2D eigenvalue weighted by atomic mass is 10.2.